The van der Waals surface area contributed by atoms with Gasteiger partial charge in [-0.15, -0.1) is 0 Å². The lowest BCUT2D eigenvalue weighted by Crippen LogP contribution is -2.14. The van der Waals surface area contributed by atoms with E-state index in [-0.39, 0.29) is 11.5 Å². The lowest BCUT2D eigenvalue weighted by atomic mass is 10.1. The lowest BCUT2D eigenvalue weighted by Gasteiger charge is -2.12. The molecule has 22 heavy (non-hydrogen) atoms. The van der Waals surface area contributed by atoms with Gasteiger partial charge in [0, 0.05) is 11.6 Å². The zero-order valence-electron chi connectivity index (χ0n) is 11.7. The number of amides is 1. The number of carbonyl (C=O) groups is 1. The zero-order chi connectivity index (χ0) is 15.9. The molecule has 116 valence electrons. The van der Waals surface area contributed by atoms with Crippen LogP contribution < -0.4 is 5.32 Å². The number of halogens is 3. The Balaban J connectivity index is 1.79. The van der Waals surface area contributed by atoms with Crippen molar-refractivity contribution in [3.05, 3.63) is 46.8 Å². The van der Waals surface area contributed by atoms with E-state index < -0.39 is 17.6 Å². The highest BCUT2D eigenvalue weighted by Gasteiger charge is 2.33. The van der Waals surface area contributed by atoms with E-state index in [0.717, 1.165) is 18.9 Å². The molecule has 1 amide bonds. The molecule has 1 aliphatic rings. The van der Waals surface area contributed by atoms with Crippen molar-refractivity contribution < 1.29 is 22.5 Å². The topological polar surface area (TPSA) is 55.1 Å². The molecule has 2 aromatic rings. The molecule has 1 aromatic heterocycles. The number of hydrogen-bond acceptors (Lipinski definition) is 3. The number of rotatable bonds is 3. The van der Waals surface area contributed by atoms with Crippen LogP contribution in [0.15, 0.2) is 28.9 Å². The Bertz CT molecular complexity index is 718. The van der Waals surface area contributed by atoms with Gasteiger partial charge in [-0.25, -0.2) is 0 Å². The largest absolute Gasteiger partial charge is 0.416 e. The van der Waals surface area contributed by atoms with Crippen molar-refractivity contribution in [2.75, 3.05) is 5.32 Å². The third-order valence-electron chi connectivity index (χ3n) is 3.58. The van der Waals surface area contributed by atoms with Gasteiger partial charge in [0.1, 0.15) is 5.56 Å². The van der Waals surface area contributed by atoms with Gasteiger partial charge in [0.05, 0.1) is 11.8 Å². The average molecular weight is 310 g/mol. The van der Waals surface area contributed by atoms with Gasteiger partial charge in [0.25, 0.3) is 5.91 Å². The van der Waals surface area contributed by atoms with E-state index in [0.29, 0.717) is 17.0 Å². The summed E-state index contributed by atoms with van der Waals surface area (Å²) in [5, 5.41) is 6.21. The summed E-state index contributed by atoms with van der Waals surface area (Å²) in [4.78, 5) is 12.2. The van der Waals surface area contributed by atoms with Crippen molar-refractivity contribution >= 4 is 11.6 Å². The van der Waals surface area contributed by atoms with E-state index in [1.807, 2.05) is 0 Å². The van der Waals surface area contributed by atoms with Gasteiger partial charge >= 0.3 is 6.18 Å². The number of carbonyl (C=O) groups excluding carboxylic acids is 1. The van der Waals surface area contributed by atoms with E-state index in [9.17, 15) is 18.0 Å². The smallest absolute Gasteiger partial charge is 0.360 e. The number of anilines is 1. The SMILES string of the molecule is Cc1cc(NC(=O)c2cnoc2C2CC2)ccc1C(F)(F)F. The molecule has 4 nitrogen and oxygen atoms in total. The second-order valence-corrected chi connectivity index (χ2v) is 5.36. The first-order chi connectivity index (χ1) is 10.4. The zero-order valence-corrected chi connectivity index (χ0v) is 11.7. The highest BCUT2D eigenvalue weighted by Crippen LogP contribution is 2.41. The van der Waals surface area contributed by atoms with Crippen LogP contribution in [0.2, 0.25) is 0 Å². The molecule has 7 heteroatoms. The molecule has 0 saturated heterocycles. The number of nitrogens with one attached hydrogen (secondary N) is 1. The van der Waals surface area contributed by atoms with E-state index >= 15 is 0 Å². The maximum Gasteiger partial charge on any atom is 0.416 e. The number of aryl methyl sites for hydroxylation is 1. The van der Waals surface area contributed by atoms with Crippen molar-refractivity contribution in [2.24, 2.45) is 0 Å². The highest BCUT2D eigenvalue weighted by molar-refractivity contribution is 6.05. The van der Waals surface area contributed by atoms with Crippen LogP contribution in [0.4, 0.5) is 18.9 Å². The Hall–Kier alpha value is -2.31. The first-order valence-electron chi connectivity index (χ1n) is 6.80. The van der Waals surface area contributed by atoms with Gasteiger partial charge in [0.2, 0.25) is 0 Å². The minimum absolute atomic E-state index is 0.0537. The van der Waals surface area contributed by atoms with Crippen LogP contribution in [0.1, 0.15) is 46.0 Å². The highest BCUT2D eigenvalue weighted by atomic mass is 19.4. The van der Waals surface area contributed by atoms with E-state index in [1.54, 1.807) is 0 Å². The van der Waals surface area contributed by atoms with Gasteiger partial charge < -0.3 is 9.84 Å². The predicted octanol–water partition coefficient (Wildman–Crippen LogP) is 4.13. The third-order valence-corrected chi connectivity index (χ3v) is 3.58. The minimum atomic E-state index is -4.40. The van der Waals surface area contributed by atoms with Gasteiger partial charge in [-0.3, -0.25) is 4.79 Å². The molecule has 3 rings (SSSR count). The maximum atomic E-state index is 12.7. The molecular formula is C15H13F3N2O2. The van der Waals surface area contributed by atoms with Crippen LogP contribution in [0, 0.1) is 6.92 Å². The van der Waals surface area contributed by atoms with Crippen LogP contribution in [0.5, 0.6) is 0 Å². The fourth-order valence-electron chi connectivity index (χ4n) is 2.32. The molecular weight excluding hydrogens is 297 g/mol. The quantitative estimate of drug-likeness (QED) is 0.927. The number of aromatic nitrogens is 1. The van der Waals surface area contributed by atoms with Gasteiger partial charge in [-0.1, -0.05) is 5.16 Å². The molecule has 1 aliphatic carbocycles. The molecule has 0 bridgehead atoms. The van der Waals surface area contributed by atoms with Crippen LogP contribution in [-0.2, 0) is 6.18 Å². The first-order valence-corrected chi connectivity index (χ1v) is 6.80. The van der Waals surface area contributed by atoms with Crippen LogP contribution >= 0.6 is 0 Å². The Morgan fingerprint density at radius 2 is 2.09 bits per heavy atom. The van der Waals surface area contributed by atoms with E-state index in [1.165, 1.54) is 25.3 Å². The number of hydrogen-bond donors (Lipinski definition) is 1. The van der Waals surface area contributed by atoms with Crippen LogP contribution in [-0.4, -0.2) is 11.1 Å². The van der Waals surface area contributed by atoms with Gasteiger partial charge in [0.15, 0.2) is 5.76 Å². The average Bonchev–Trinajstić information content (AvgIpc) is 3.14. The van der Waals surface area contributed by atoms with E-state index in [4.69, 9.17) is 4.52 Å². The van der Waals surface area contributed by atoms with Gasteiger partial charge in [-0.2, -0.15) is 13.2 Å². The summed E-state index contributed by atoms with van der Waals surface area (Å²) >= 11 is 0. The van der Waals surface area contributed by atoms with Gasteiger partial charge in [-0.05, 0) is 43.5 Å². The molecule has 1 N–H and O–H groups in total. The summed E-state index contributed by atoms with van der Waals surface area (Å²) in [6.07, 6.45) is -1.16. The number of benzene rings is 1. The minimum Gasteiger partial charge on any atom is -0.360 e. The number of alkyl halides is 3. The molecule has 1 saturated carbocycles. The molecule has 1 aromatic carbocycles. The summed E-state index contributed by atoms with van der Waals surface area (Å²) in [6, 6.07) is 3.49. The van der Waals surface area contributed by atoms with Crippen LogP contribution in [0.3, 0.4) is 0 Å². The van der Waals surface area contributed by atoms with Crippen molar-refractivity contribution in [3.8, 4) is 0 Å². The Labute approximate surface area is 124 Å². The summed E-state index contributed by atoms with van der Waals surface area (Å²) in [5.41, 5.74) is -0.0225. The summed E-state index contributed by atoms with van der Waals surface area (Å²) in [6.45, 7) is 1.35. The third kappa shape index (κ3) is 2.84. The molecule has 1 fully saturated rings. The van der Waals surface area contributed by atoms with Crippen molar-refractivity contribution in [2.45, 2.75) is 31.9 Å². The molecule has 0 unspecified atom stereocenters. The Kier molecular flexibility index (Phi) is 3.42. The normalized spacial score (nSPS) is 14.9. The number of nitrogens with zero attached hydrogens (tertiary/aromatic N) is 1. The fourth-order valence-corrected chi connectivity index (χ4v) is 2.32. The molecule has 0 aliphatic heterocycles. The standard InChI is InChI=1S/C15H13F3N2O2/c1-8-6-10(4-5-12(8)15(16,17)18)20-14(21)11-7-19-22-13(11)9-2-3-9/h4-7,9H,2-3H2,1H3,(H,20,21). The van der Waals surface area contributed by atoms with Crippen molar-refractivity contribution in [1.82, 2.24) is 5.16 Å². The Morgan fingerprint density at radius 1 is 1.36 bits per heavy atom. The second-order valence-electron chi connectivity index (χ2n) is 5.36. The van der Waals surface area contributed by atoms with E-state index in [2.05, 4.69) is 10.5 Å². The molecule has 0 radical (unpaired) electrons. The summed E-state index contributed by atoms with van der Waals surface area (Å²) < 4.78 is 43.2. The van der Waals surface area contributed by atoms with Crippen molar-refractivity contribution in [3.63, 3.8) is 0 Å². The first kappa shape index (κ1) is 14.6. The molecule has 1 heterocycles. The Morgan fingerprint density at radius 3 is 2.68 bits per heavy atom. The maximum absolute atomic E-state index is 12.7. The fraction of sp³-hybridized carbons (Fsp3) is 0.333. The van der Waals surface area contributed by atoms with Crippen LogP contribution in [0.25, 0.3) is 0 Å². The monoisotopic (exact) mass is 310 g/mol. The summed E-state index contributed by atoms with van der Waals surface area (Å²) in [5.74, 6) is 0.334. The molecule has 0 atom stereocenters. The lowest BCUT2D eigenvalue weighted by molar-refractivity contribution is -0.138. The molecule has 0 spiro atoms. The second kappa shape index (κ2) is 5.15. The van der Waals surface area contributed by atoms with Crippen molar-refractivity contribution in [1.29, 1.82) is 0 Å². The summed E-state index contributed by atoms with van der Waals surface area (Å²) in [7, 11) is 0. The predicted molar refractivity (Wildman–Crippen MR) is 72.6 cm³/mol.